The van der Waals surface area contributed by atoms with Crippen LogP contribution in [0.25, 0.3) is 10.8 Å². The van der Waals surface area contributed by atoms with E-state index in [0.717, 1.165) is 10.8 Å². The molecule has 1 amide bonds. The van der Waals surface area contributed by atoms with E-state index in [0.29, 0.717) is 17.7 Å². The molecule has 0 radical (unpaired) electrons. The van der Waals surface area contributed by atoms with E-state index in [1.807, 2.05) is 31.2 Å². The lowest BCUT2D eigenvalue weighted by Crippen LogP contribution is -2.26. The van der Waals surface area contributed by atoms with Gasteiger partial charge in [0.25, 0.3) is 5.91 Å². The lowest BCUT2D eigenvalue weighted by Gasteiger charge is -2.16. The Morgan fingerprint density at radius 2 is 1.89 bits per heavy atom. The third-order valence-electron chi connectivity index (χ3n) is 3.10. The second-order valence-corrected chi connectivity index (χ2v) is 4.14. The Kier molecular flexibility index (Phi) is 3.29. The number of nitrogens with zero attached hydrogens (tertiary/aromatic N) is 2. The molecular weight excluding hydrogens is 224 g/mol. The summed E-state index contributed by atoms with van der Waals surface area (Å²) in [5, 5.41) is 10.7. The monoisotopic (exact) mass is 238 g/mol. The number of benzene rings is 2. The maximum atomic E-state index is 12.2. The number of fused-ring (bicyclic) bond motifs is 1. The molecule has 0 aliphatic carbocycles. The van der Waals surface area contributed by atoms with Crippen molar-refractivity contribution in [1.82, 2.24) is 4.90 Å². The van der Waals surface area contributed by atoms with Crippen LogP contribution in [-0.4, -0.2) is 24.4 Å². The van der Waals surface area contributed by atoms with Gasteiger partial charge in [-0.2, -0.15) is 5.26 Å². The number of carbonyl (C=O) groups excluding carboxylic acids is 1. The molecule has 0 saturated carbocycles. The van der Waals surface area contributed by atoms with Crippen LogP contribution in [-0.2, 0) is 0 Å². The van der Waals surface area contributed by atoms with E-state index in [1.54, 1.807) is 24.1 Å². The fraction of sp³-hybridized carbons (Fsp3) is 0.200. The molecule has 3 heteroatoms. The topological polar surface area (TPSA) is 44.1 Å². The van der Waals surface area contributed by atoms with Gasteiger partial charge >= 0.3 is 0 Å². The smallest absolute Gasteiger partial charge is 0.254 e. The normalized spacial score (nSPS) is 10.1. The summed E-state index contributed by atoms with van der Waals surface area (Å²) in [6, 6.07) is 13.1. The summed E-state index contributed by atoms with van der Waals surface area (Å²) >= 11 is 0. The zero-order valence-corrected chi connectivity index (χ0v) is 10.5. The van der Waals surface area contributed by atoms with E-state index < -0.39 is 0 Å². The summed E-state index contributed by atoms with van der Waals surface area (Å²) in [7, 11) is 1.77. The van der Waals surface area contributed by atoms with Crippen LogP contribution >= 0.6 is 0 Å². The summed E-state index contributed by atoms with van der Waals surface area (Å²) in [4.78, 5) is 13.9. The second-order valence-electron chi connectivity index (χ2n) is 4.14. The molecule has 0 spiro atoms. The lowest BCUT2D eigenvalue weighted by atomic mass is 9.99. The largest absolute Gasteiger partial charge is 0.342 e. The minimum atomic E-state index is -0.0156. The van der Waals surface area contributed by atoms with Gasteiger partial charge in [0.15, 0.2) is 0 Å². The van der Waals surface area contributed by atoms with Crippen LogP contribution in [0.1, 0.15) is 22.8 Å². The lowest BCUT2D eigenvalue weighted by molar-refractivity contribution is 0.0804. The van der Waals surface area contributed by atoms with E-state index in [9.17, 15) is 4.79 Å². The third kappa shape index (κ3) is 1.93. The third-order valence-corrected chi connectivity index (χ3v) is 3.10. The second kappa shape index (κ2) is 4.89. The fourth-order valence-electron chi connectivity index (χ4n) is 1.93. The highest BCUT2D eigenvalue weighted by molar-refractivity contribution is 6.08. The first-order valence-electron chi connectivity index (χ1n) is 5.86. The number of amides is 1. The summed E-state index contributed by atoms with van der Waals surface area (Å²) in [6.45, 7) is 2.59. The standard InChI is InChI=1S/C15H14N2O/c1-3-17(2)15(18)14-9-8-11(10-16)12-6-4-5-7-13(12)14/h4-9H,3H2,1-2H3. The van der Waals surface area contributed by atoms with Gasteiger partial charge in [0, 0.05) is 24.5 Å². The van der Waals surface area contributed by atoms with Crippen molar-refractivity contribution in [3.63, 3.8) is 0 Å². The molecule has 90 valence electrons. The van der Waals surface area contributed by atoms with Crippen molar-refractivity contribution in [2.45, 2.75) is 6.92 Å². The molecule has 0 atom stereocenters. The molecule has 0 N–H and O–H groups in total. The Hall–Kier alpha value is -2.34. The fourth-order valence-corrected chi connectivity index (χ4v) is 1.93. The van der Waals surface area contributed by atoms with Crippen LogP contribution in [0.5, 0.6) is 0 Å². The van der Waals surface area contributed by atoms with Crippen LogP contribution < -0.4 is 0 Å². The molecule has 0 aliphatic rings. The van der Waals surface area contributed by atoms with Gasteiger partial charge in [0.05, 0.1) is 11.6 Å². The van der Waals surface area contributed by atoms with E-state index in [2.05, 4.69) is 6.07 Å². The predicted molar refractivity (Wildman–Crippen MR) is 71.3 cm³/mol. The molecule has 2 aromatic rings. The Balaban J connectivity index is 2.68. The van der Waals surface area contributed by atoms with Crippen LogP contribution in [0.3, 0.4) is 0 Å². The molecule has 0 bridgehead atoms. The van der Waals surface area contributed by atoms with Crippen LogP contribution in [0.15, 0.2) is 36.4 Å². The van der Waals surface area contributed by atoms with Crippen molar-refractivity contribution >= 4 is 16.7 Å². The minimum absolute atomic E-state index is 0.0156. The highest BCUT2D eigenvalue weighted by Crippen LogP contribution is 2.23. The van der Waals surface area contributed by atoms with Crippen molar-refractivity contribution in [2.24, 2.45) is 0 Å². The van der Waals surface area contributed by atoms with Crippen molar-refractivity contribution < 1.29 is 4.79 Å². The number of rotatable bonds is 2. The van der Waals surface area contributed by atoms with Crippen molar-refractivity contribution in [3.05, 3.63) is 47.5 Å². The van der Waals surface area contributed by atoms with E-state index in [1.165, 1.54) is 0 Å². The van der Waals surface area contributed by atoms with Gasteiger partial charge < -0.3 is 4.90 Å². The van der Waals surface area contributed by atoms with Gasteiger partial charge in [-0.25, -0.2) is 0 Å². The SMILES string of the molecule is CCN(C)C(=O)c1ccc(C#N)c2ccccc12. The van der Waals surface area contributed by atoms with Crippen LogP contribution in [0, 0.1) is 11.3 Å². The average Bonchev–Trinajstić information content (AvgIpc) is 2.44. The molecule has 18 heavy (non-hydrogen) atoms. The van der Waals surface area contributed by atoms with Crippen molar-refractivity contribution in [1.29, 1.82) is 5.26 Å². The maximum absolute atomic E-state index is 12.2. The van der Waals surface area contributed by atoms with Gasteiger partial charge in [-0.3, -0.25) is 4.79 Å². The molecule has 2 aromatic carbocycles. The van der Waals surface area contributed by atoms with Gasteiger partial charge in [0.1, 0.15) is 0 Å². The highest BCUT2D eigenvalue weighted by Gasteiger charge is 2.14. The van der Waals surface area contributed by atoms with Crippen molar-refractivity contribution in [2.75, 3.05) is 13.6 Å². The first-order chi connectivity index (χ1) is 8.69. The minimum Gasteiger partial charge on any atom is -0.342 e. The van der Waals surface area contributed by atoms with Crippen LogP contribution in [0.2, 0.25) is 0 Å². The number of hydrogen-bond acceptors (Lipinski definition) is 2. The molecule has 0 fully saturated rings. The van der Waals surface area contributed by atoms with E-state index in [4.69, 9.17) is 5.26 Å². The molecule has 0 heterocycles. The number of hydrogen-bond donors (Lipinski definition) is 0. The molecule has 0 saturated heterocycles. The Labute approximate surface area is 106 Å². The summed E-state index contributed by atoms with van der Waals surface area (Å²) in [5.41, 5.74) is 1.25. The molecular formula is C15H14N2O. The highest BCUT2D eigenvalue weighted by atomic mass is 16.2. The summed E-state index contributed by atoms with van der Waals surface area (Å²) < 4.78 is 0. The zero-order chi connectivity index (χ0) is 13.1. The first-order valence-corrected chi connectivity index (χ1v) is 5.86. The first kappa shape index (κ1) is 12.1. The van der Waals surface area contributed by atoms with Crippen molar-refractivity contribution in [3.8, 4) is 6.07 Å². The molecule has 0 aromatic heterocycles. The Morgan fingerprint density at radius 1 is 1.22 bits per heavy atom. The number of nitriles is 1. The zero-order valence-electron chi connectivity index (χ0n) is 10.5. The predicted octanol–water partition coefficient (Wildman–Crippen LogP) is 2.80. The number of carbonyl (C=O) groups is 1. The molecule has 0 unspecified atom stereocenters. The molecule has 3 nitrogen and oxygen atoms in total. The average molecular weight is 238 g/mol. The molecule has 2 rings (SSSR count). The summed E-state index contributed by atoms with van der Waals surface area (Å²) in [5.74, 6) is -0.0156. The van der Waals surface area contributed by atoms with Gasteiger partial charge in [0.2, 0.25) is 0 Å². The van der Waals surface area contributed by atoms with E-state index in [-0.39, 0.29) is 5.91 Å². The van der Waals surface area contributed by atoms with E-state index >= 15 is 0 Å². The van der Waals surface area contributed by atoms with Gasteiger partial charge in [-0.05, 0) is 24.4 Å². The van der Waals surface area contributed by atoms with Gasteiger partial charge in [-0.1, -0.05) is 24.3 Å². The quantitative estimate of drug-likeness (QED) is 0.807. The Bertz CT molecular complexity index is 640. The van der Waals surface area contributed by atoms with Gasteiger partial charge in [-0.15, -0.1) is 0 Å². The molecule has 0 aliphatic heterocycles. The Morgan fingerprint density at radius 3 is 2.50 bits per heavy atom. The van der Waals surface area contributed by atoms with Crippen LogP contribution in [0.4, 0.5) is 0 Å². The maximum Gasteiger partial charge on any atom is 0.254 e. The summed E-state index contributed by atoms with van der Waals surface area (Å²) in [6.07, 6.45) is 0.